The Morgan fingerprint density at radius 1 is 1.16 bits per heavy atom. The number of aromatic nitrogens is 4. The molecule has 0 fully saturated rings. The van der Waals surface area contributed by atoms with Gasteiger partial charge < -0.3 is 10.0 Å². The maximum Gasteiger partial charge on any atom is 0.336 e. The Bertz CT molecular complexity index is 1370. The maximum atomic E-state index is 11.6. The number of hydrogen-bond acceptors (Lipinski definition) is 5. The van der Waals surface area contributed by atoms with Crippen molar-refractivity contribution in [2.24, 2.45) is 7.05 Å². The Balaban J connectivity index is 1.60. The summed E-state index contributed by atoms with van der Waals surface area (Å²) in [6.07, 6.45) is 5.84. The van der Waals surface area contributed by atoms with Gasteiger partial charge in [-0.1, -0.05) is 18.2 Å². The first-order valence-corrected chi connectivity index (χ1v) is 9.98. The van der Waals surface area contributed by atoms with Crippen LogP contribution in [0.15, 0.2) is 48.8 Å². The van der Waals surface area contributed by atoms with E-state index in [4.69, 9.17) is 5.10 Å². The van der Waals surface area contributed by atoms with E-state index < -0.39 is 5.97 Å². The molecule has 1 aliphatic carbocycles. The lowest BCUT2D eigenvalue weighted by Gasteiger charge is -2.19. The molecule has 0 aliphatic heterocycles. The highest BCUT2D eigenvalue weighted by atomic mass is 16.4. The predicted octanol–water partition coefficient (Wildman–Crippen LogP) is 4.23. The van der Waals surface area contributed by atoms with Crippen molar-refractivity contribution in [2.75, 3.05) is 11.9 Å². The van der Waals surface area contributed by atoms with Crippen LogP contribution < -0.4 is 4.90 Å². The van der Waals surface area contributed by atoms with Crippen LogP contribution in [-0.4, -0.2) is 37.9 Å². The molecule has 0 amide bonds. The molecule has 154 valence electrons. The number of carboxylic acid groups (broad SMARTS) is 1. The fourth-order valence-electron chi connectivity index (χ4n) is 4.18. The number of anilines is 2. The van der Waals surface area contributed by atoms with E-state index >= 15 is 0 Å². The second-order valence-corrected chi connectivity index (χ2v) is 7.77. The zero-order chi connectivity index (χ0) is 21.7. The maximum absolute atomic E-state index is 11.6. The second-order valence-electron chi connectivity index (χ2n) is 7.77. The highest BCUT2D eigenvalue weighted by Gasteiger charge is 2.25. The van der Waals surface area contributed by atoms with Crippen molar-refractivity contribution >= 4 is 40.0 Å². The topological polar surface area (TPSA) is 84.1 Å². The number of allylic oxidation sites excluding steroid dienone is 1. The molecule has 31 heavy (non-hydrogen) atoms. The number of fused-ring (bicyclic) bond motifs is 2. The molecule has 0 unspecified atom stereocenters. The minimum absolute atomic E-state index is 0.294. The first-order valence-electron chi connectivity index (χ1n) is 9.98. The van der Waals surface area contributed by atoms with Crippen LogP contribution in [0.25, 0.3) is 22.6 Å². The lowest BCUT2D eigenvalue weighted by Crippen LogP contribution is -2.12. The molecule has 1 aliphatic rings. The highest BCUT2D eigenvalue weighted by molar-refractivity contribution is 6.04. The molecule has 0 atom stereocenters. The second kappa shape index (κ2) is 7.05. The first kappa shape index (κ1) is 19.0. The number of hydrogen-bond donors (Lipinski definition) is 1. The number of carbonyl (C=O) groups is 1. The molecule has 7 heteroatoms. The van der Waals surface area contributed by atoms with Crippen LogP contribution in [-0.2, 0) is 13.5 Å². The zero-order valence-corrected chi connectivity index (χ0v) is 17.5. The molecule has 0 saturated heterocycles. The van der Waals surface area contributed by atoms with Crippen LogP contribution in [0.2, 0.25) is 0 Å². The molecule has 3 heterocycles. The number of para-hydroxylation sites is 1. The van der Waals surface area contributed by atoms with Gasteiger partial charge in [0.15, 0.2) is 0 Å². The van der Waals surface area contributed by atoms with Gasteiger partial charge in [0.05, 0.1) is 28.2 Å². The van der Waals surface area contributed by atoms with Crippen molar-refractivity contribution in [3.8, 4) is 0 Å². The molecule has 7 nitrogen and oxygen atoms in total. The van der Waals surface area contributed by atoms with E-state index in [0.29, 0.717) is 17.7 Å². The standard InChI is InChI=1S/C24H21N5O2/c1-14-7-8-21(26-13-14)28(2)20-6-4-5-17-22(27-29(3)23(17)20)15-11-18-16(24(30)31)9-10-25-19(18)12-15/h4-10,12-13H,11H2,1-3H3,(H,30,31). The van der Waals surface area contributed by atoms with Crippen molar-refractivity contribution in [2.45, 2.75) is 13.3 Å². The molecule has 5 rings (SSSR count). The van der Waals surface area contributed by atoms with Gasteiger partial charge in [-0.25, -0.2) is 9.78 Å². The summed E-state index contributed by atoms with van der Waals surface area (Å²) >= 11 is 0. The van der Waals surface area contributed by atoms with Crippen LogP contribution in [0.5, 0.6) is 0 Å². The first-order chi connectivity index (χ1) is 14.9. The molecule has 0 radical (unpaired) electrons. The van der Waals surface area contributed by atoms with Gasteiger partial charge in [-0.3, -0.25) is 9.67 Å². The van der Waals surface area contributed by atoms with Gasteiger partial charge in [0, 0.05) is 38.3 Å². The number of carboxylic acids is 1. The Labute approximate surface area is 179 Å². The third-order valence-corrected chi connectivity index (χ3v) is 5.75. The lowest BCUT2D eigenvalue weighted by atomic mass is 10.0. The van der Waals surface area contributed by atoms with Gasteiger partial charge in [0.2, 0.25) is 0 Å². The summed E-state index contributed by atoms with van der Waals surface area (Å²) in [4.78, 5) is 22.6. The largest absolute Gasteiger partial charge is 0.478 e. The molecule has 0 spiro atoms. The van der Waals surface area contributed by atoms with Crippen molar-refractivity contribution in [1.82, 2.24) is 19.7 Å². The van der Waals surface area contributed by atoms with Crippen LogP contribution in [0.3, 0.4) is 0 Å². The summed E-state index contributed by atoms with van der Waals surface area (Å²) in [5, 5.41) is 15.3. The predicted molar refractivity (Wildman–Crippen MR) is 121 cm³/mol. The van der Waals surface area contributed by atoms with Crippen molar-refractivity contribution in [3.05, 3.63) is 76.9 Å². The minimum Gasteiger partial charge on any atom is -0.478 e. The fourth-order valence-corrected chi connectivity index (χ4v) is 4.18. The van der Waals surface area contributed by atoms with Gasteiger partial charge in [-0.05, 0) is 47.9 Å². The van der Waals surface area contributed by atoms with Crippen LogP contribution in [0.4, 0.5) is 11.5 Å². The van der Waals surface area contributed by atoms with Gasteiger partial charge in [-0.15, -0.1) is 0 Å². The van der Waals surface area contributed by atoms with E-state index in [9.17, 15) is 9.90 Å². The third kappa shape index (κ3) is 3.06. The van der Waals surface area contributed by atoms with Gasteiger partial charge in [0.1, 0.15) is 5.82 Å². The number of nitrogens with zero attached hydrogens (tertiary/aromatic N) is 5. The van der Waals surface area contributed by atoms with E-state index in [1.54, 1.807) is 12.3 Å². The normalized spacial score (nSPS) is 12.7. The summed E-state index contributed by atoms with van der Waals surface area (Å²) in [5.74, 6) is -0.0858. The average molecular weight is 411 g/mol. The smallest absolute Gasteiger partial charge is 0.336 e. The fraction of sp³-hybridized carbons (Fsp3) is 0.167. The quantitative estimate of drug-likeness (QED) is 0.541. The third-order valence-electron chi connectivity index (χ3n) is 5.75. The van der Waals surface area contributed by atoms with Crippen LogP contribution in [0, 0.1) is 6.92 Å². The molecule has 0 saturated carbocycles. The summed E-state index contributed by atoms with van der Waals surface area (Å²) in [6.45, 7) is 2.02. The molecule has 1 aromatic carbocycles. The van der Waals surface area contributed by atoms with Crippen molar-refractivity contribution in [3.63, 3.8) is 0 Å². The Hall–Kier alpha value is -4.00. The Morgan fingerprint density at radius 2 is 2.00 bits per heavy atom. The molecular formula is C24H21N5O2. The van der Waals surface area contributed by atoms with E-state index in [2.05, 4.69) is 20.9 Å². The molecule has 4 aromatic rings. The van der Waals surface area contributed by atoms with E-state index in [-0.39, 0.29) is 0 Å². The Kier molecular flexibility index (Phi) is 4.32. The lowest BCUT2D eigenvalue weighted by molar-refractivity contribution is 0.0695. The molecule has 0 bridgehead atoms. The highest BCUT2D eigenvalue weighted by Crippen LogP contribution is 2.38. The Morgan fingerprint density at radius 3 is 2.74 bits per heavy atom. The number of benzene rings is 1. The van der Waals surface area contributed by atoms with Crippen molar-refractivity contribution in [1.29, 1.82) is 0 Å². The number of pyridine rings is 2. The van der Waals surface area contributed by atoms with E-state index in [0.717, 1.165) is 44.8 Å². The van der Waals surface area contributed by atoms with Gasteiger partial charge >= 0.3 is 5.97 Å². The summed E-state index contributed by atoms with van der Waals surface area (Å²) < 4.78 is 1.88. The SMILES string of the molecule is Cc1ccc(N(C)c2cccc3c(C4=Cc5nccc(C(=O)O)c5C4)nn(C)c23)nc1. The number of aryl methyl sites for hydroxylation is 2. The van der Waals surface area contributed by atoms with Gasteiger partial charge in [0.25, 0.3) is 0 Å². The van der Waals surface area contributed by atoms with E-state index in [1.165, 1.54) is 0 Å². The minimum atomic E-state index is -0.936. The monoisotopic (exact) mass is 411 g/mol. The van der Waals surface area contributed by atoms with Crippen LogP contribution in [0.1, 0.15) is 32.9 Å². The summed E-state index contributed by atoms with van der Waals surface area (Å²) in [6, 6.07) is 11.7. The number of aromatic carboxylic acids is 1. The van der Waals surface area contributed by atoms with Crippen molar-refractivity contribution < 1.29 is 9.90 Å². The summed E-state index contributed by atoms with van der Waals surface area (Å²) in [5.41, 5.74) is 6.64. The molecule has 1 N–H and O–H groups in total. The molecular weight excluding hydrogens is 390 g/mol. The van der Waals surface area contributed by atoms with Crippen LogP contribution >= 0.6 is 0 Å². The average Bonchev–Trinajstić information content (AvgIpc) is 3.34. The zero-order valence-electron chi connectivity index (χ0n) is 17.5. The summed E-state index contributed by atoms with van der Waals surface area (Å²) in [7, 11) is 3.92. The molecule has 3 aromatic heterocycles. The van der Waals surface area contributed by atoms with Gasteiger partial charge in [-0.2, -0.15) is 5.10 Å². The number of rotatable bonds is 4. The van der Waals surface area contributed by atoms with E-state index in [1.807, 2.05) is 62.2 Å².